The van der Waals surface area contributed by atoms with Crippen LogP contribution in [0.2, 0.25) is 0 Å². The molecule has 186 valence electrons. The zero-order chi connectivity index (χ0) is 24.5. The highest BCUT2D eigenvalue weighted by molar-refractivity contribution is 5.75. The molecule has 0 saturated carbocycles. The first kappa shape index (κ1) is 24.5. The lowest BCUT2D eigenvalue weighted by Gasteiger charge is -2.43. The van der Waals surface area contributed by atoms with Gasteiger partial charge in [-0.1, -0.05) is 12.1 Å². The summed E-state index contributed by atoms with van der Waals surface area (Å²) in [5.74, 6) is 0.143. The van der Waals surface area contributed by atoms with E-state index in [2.05, 4.69) is 4.98 Å². The van der Waals surface area contributed by atoms with Gasteiger partial charge in [0.05, 0.1) is 49.1 Å². The molecule has 0 radical (unpaired) electrons. The largest absolute Gasteiger partial charge is 0.448 e. The number of β-amino-alcohol motifs (C(OH)–C–C–N with tert-alkyl or cyclic N) is 1. The van der Waals surface area contributed by atoms with Crippen molar-refractivity contribution < 1.29 is 32.2 Å². The number of hydrogen-bond donors (Lipinski definition) is 1. The van der Waals surface area contributed by atoms with Crippen LogP contribution in [-0.4, -0.2) is 70.9 Å². The van der Waals surface area contributed by atoms with Gasteiger partial charge in [0.1, 0.15) is 6.26 Å². The third kappa shape index (κ3) is 5.72. The number of halogens is 3. The number of nitrogens with zero attached hydrogens (tertiary/aromatic N) is 3. The number of alkyl halides is 3. The number of hydrogen-bond acceptors (Lipinski definition) is 5. The lowest BCUT2D eigenvalue weighted by atomic mass is 9.84. The third-order valence-electron chi connectivity index (χ3n) is 6.29. The van der Waals surface area contributed by atoms with Crippen LogP contribution in [0.15, 0.2) is 34.9 Å². The van der Waals surface area contributed by atoms with Crippen LogP contribution in [0.5, 0.6) is 0 Å². The number of aliphatic hydroxyl groups is 1. The predicted octanol–water partition coefficient (Wildman–Crippen LogP) is 4.03. The molecule has 0 bridgehead atoms. The van der Waals surface area contributed by atoms with Crippen molar-refractivity contribution in [2.24, 2.45) is 0 Å². The summed E-state index contributed by atoms with van der Waals surface area (Å²) in [5, 5.41) is 9.59. The van der Waals surface area contributed by atoms with Crippen molar-refractivity contribution in [2.45, 2.75) is 56.9 Å². The van der Waals surface area contributed by atoms with E-state index in [1.807, 2.05) is 13.8 Å². The molecule has 7 nitrogen and oxygen atoms in total. The molecule has 1 aromatic carbocycles. The summed E-state index contributed by atoms with van der Waals surface area (Å²) in [6, 6.07) is 4.93. The van der Waals surface area contributed by atoms with Crippen LogP contribution >= 0.6 is 0 Å². The molecular formula is C24H30F3N3O4. The van der Waals surface area contributed by atoms with Crippen molar-refractivity contribution in [2.75, 3.05) is 32.8 Å². The van der Waals surface area contributed by atoms with E-state index >= 15 is 0 Å². The van der Waals surface area contributed by atoms with Gasteiger partial charge in [0.15, 0.2) is 5.89 Å². The number of benzene rings is 1. The smallest absolute Gasteiger partial charge is 0.416 e. The molecule has 0 spiro atoms. The van der Waals surface area contributed by atoms with E-state index in [9.17, 15) is 23.1 Å². The van der Waals surface area contributed by atoms with E-state index < -0.39 is 17.8 Å². The average Bonchev–Trinajstić information content (AvgIpc) is 3.24. The van der Waals surface area contributed by atoms with Gasteiger partial charge in [-0.15, -0.1) is 0 Å². The Kier molecular flexibility index (Phi) is 7.18. The monoisotopic (exact) mass is 481 g/mol. The first-order chi connectivity index (χ1) is 16.1. The van der Waals surface area contributed by atoms with Crippen LogP contribution in [0.25, 0.3) is 0 Å². The fraction of sp³-hybridized carbons (Fsp3) is 0.583. The summed E-state index contributed by atoms with van der Waals surface area (Å²) in [6.07, 6.45) is -2.00. The quantitative estimate of drug-likeness (QED) is 0.674. The van der Waals surface area contributed by atoms with Crippen LogP contribution in [0.3, 0.4) is 0 Å². The second-order valence-corrected chi connectivity index (χ2v) is 9.34. The molecular weight excluding hydrogens is 451 g/mol. The molecule has 2 aromatic rings. The number of aromatic nitrogens is 1. The van der Waals surface area contributed by atoms with Gasteiger partial charge in [-0.25, -0.2) is 9.78 Å². The Hall–Kier alpha value is -2.59. The van der Waals surface area contributed by atoms with Gasteiger partial charge < -0.3 is 24.1 Å². The molecule has 3 heterocycles. The van der Waals surface area contributed by atoms with Crippen molar-refractivity contribution in [3.05, 3.63) is 53.2 Å². The van der Waals surface area contributed by atoms with Gasteiger partial charge in [0, 0.05) is 25.4 Å². The van der Waals surface area contributed by atoms with Crippen molar-refractivity contribution in [1.82, 2.24) is 14.8 Å². The lowest BCUT2D eigenvalue weighted by Crippen LogP contribution is -2.59. The van der Waals surface area contributed by atoms with Crippen LogP contribution in [0.4, 0.5) is 18.0 Å². The topological polar surface area (TPSA) is 79.0 Å². The Labute approximate surface area is 196 Å². The number of oxazole rings is 1. The number of aliphatic hydroxyl groups excluding tert-OH is 1. The molecule has 2 fully saturated rings. The highest BCUT2D eigenvalue weighted by Crippen LogP contribution is 2.37. The third-order valence-corrected chi connectivity index (χ3v) is 6.29. The second-order valence-electron chi connectivity index (χ2n) is 9.34. The van der Waals surface area contributed by atoms with Gasteiger partial charge in [0.2, 0.25) is 0 Å². The lowest BCUT2D eigenvalue weighted by molar-refractivity contribution is -0.137. The molecule has 2 saturated heterocycles. The summed E-state index contributed by atoms with van der Waals surface area (Å²) in [6.45, 7) is 5.77. The fourth-order valence-electron chi connectivity index (χ4n) is 4.46. The van der Waals surface area contributed by atoms with Crippen molar-refractivity contribution in [3.8, 4) is 0 Å². The van der Waals surface area contributed by atoms with E-state index in [0.717, 1.165) is 23.4 Å². The Bertz CT molecular complexity index is 971. The van der Waals surface area contributed by atoms with E-state index in [1.54, 1.807) is 16.1 Å². The standard InChI is InChI=1S/C24H30F3N3O4/c1-15(2)33-8-7-20-14-34-22(28-20)18-9-17(16-3-5-19(6-4-16)24(25,26)27)10-29(11-18)23(32)30-12-21(31)13-30/h3-6,14-15,17-18,21,31H,7-13H2,1-2H3. The average molecular weight is 482 g/mol. The number of urea groups is 1. The fourth-order valence-corrected chi connectivity index (χ4v) is 4.46. The summed E-state index contributed by atoms with van der Waals surface area (Å²) < 4.78 is 50.3. The zero-order valence-corrected chi connectivity index (χ0v) is 19.3. The number of piperidine rings is 1. The van der Waals surface area contributed by atoms with E-state index in [0.29, 0.717) is 38.4 Å². The summed E-state index contributed by atoms with van der Waals surface area (Å²) in [4.78, 5) is 20.9. The van der Waals surface area contributed by atoms with Crippen molar-refractivity contribution in [1.29, 1.82) is 0 Å². The molecule has 2 aliphatic heterocycles. The van der Waals surface area contributed by atoms with E-state index in [1.165, 1.54) is 12.1 Å². The number of rotatable bonds is 6. The van der Waals surface area contributed by atoms with E-state index in [4.69, 9.17) is 9.15 Å². The molecule has 2 unspecified atom stereocenters. The molecule has 0 aliphatic carbocycles. The number of ether oxygens (including phenoxy) is 1. The number of likely N-dealkylation sites (tertiary alicyclic amines) is 2. The van der Waals surface area contributed by atoms with Crippen LogP contribution in [0.1, 0.15) is 54.8 Å². The summed E-state index contributed by atoms with van der Waals surface area (Å²) in [7, 11) is 0. The van der Waals surface area contributed by atoms with Gasteiger partial charge in [-0.05, 0) is 38.0 Å². The molecule has 2 amide bonds. The first-order valence-corrected chi connectivity index (χ1v) is 11.5. The minimum atomic E-state index is -4.40. The van der Waals surface area contributed by atoms with Crippen LogP contribution in [-0.2, 0) is 17.3 Å². The van der Waals surface area contributed by atoms with Gasteiger partial charge in [-0.3, -0.25) is 0 Å². The number of carbonyl (C=O) groups excluding carboxylic acids is 1. The highest BCUT2D eigenvalue weighted by Gasteiger charge is 2.39. The first-order valence-electron chi connectivity index (χ1n) is 11.5. The minimum Gasteiger partial charge on any atom is -0.448 e. The Morgan fingerprint density at radius 1 is 1.15 bits per heavy atom. The maximum atomic E-state index is 13.0. The highest BCUT2D eigenvalue weighted by atomic mass is 19.4. The van der Waals surface area contributed by atoms with E-state index in [-0.39, 0.29) is 37.1 Å². The number of carbonyl (C=O) groups is 1. The summed E-state index contributed by atoms with van der Waals surface area (Å²) in [5.41, 5.74) is 0.791. The normalized spacial score (nSPS) is 21.7. The molecule has 1 aromatic heterocycles. The van der Waals surface area contributed by atoms with Gasteiger partial charge in [-0.2, -0.15) is 13.2 Å². The minimum absolute atomic E-state index is 0.119. The molecule has 34 heavy (non-hydrogen) atoms. The van der Waals surface area contributed by atoms with Gasteiger partial charge >= 0.3 is 12.2 Å². The zero-order valence-electron chi connectivity index (χ0n) is 19.3. The molecule has 10 heteroatoms. The molecule has 2 atom stereocenters. The molecule has 2 aliphatic rings. The SMILES string of the molecule is CC(C)OCCc1coc(C2CC(c3ccc(C(F)(F)F)cc3)CN(C(=O)N3CC(O)C3)C2)n1. The van der Waals surface area contributed by atoms with Crippen LogP contribution < -0.4 is 0 Å². The second kappa shape index (κ2) is 9.95. The Morgan fingerprint density at radius 3 is 2.41 bits per heavy atom. The maximum absolute atomic E-state index is 13.0. The van der Waals surface area contributed by atoms with Crippen molar-refractivity contribution in [3.63, 3.8) is 0 Å². The Morgan fingerprint density at radius 2 is 1.79 bits per heavy atom. The molecule has 4 rings (SSSR count). The molecule has 1 N–H and O–H groups in total. The summed E-state index contributed by atoms with van der Waals surface area (Å²) >= 11 is 0. The Balaban J connectivity index is 1.52. The van der Waals surface area contributed by atoms with Gasteiger partial charge in [0.25, 0.3) is 0 Å². The van der Waals surface area contributed by atoms with Crippen LogP contribution in [0, 0.1) is 0 Å². The van der Waals surface area contributed by atoms with Crippen molar-refractivity contribution >= 4 is 6.03 Å². The predicted molar refractivity (Wildman–Crippen MR) is 117 cm³/mol. The maximum Gasteiger partial charge on any atom is 0.416 e. The number of amides is 2.